The number of carbonyl (C=O) groups excluding carboxylic acids is 1. The van der Waals surface area contributed by atoms with Crippen molar-refractivity contribution in [1.82, 2.24) is 10.6 Å². The zero-order valence-corrected chi connectivity index (χ0v) is 21.4. The number of fused-ring (bicyclic) bond motifs is 5. The molecule has 0 unspecified atom stereocenters. The third-order valence-corrected chi connectivity index (χ3v) is 11.8. The van der Waals surface area contributed by atoms with E-state index >= 15 is 0 Å². The number of aliphatic hydroxyl groups is 1. The van der Waals surface area contributed by atoms with Crippen LogP contribution >= 0.6 is 0 Å². The van der Waals surface area contributed by atoms with Gasteiger partial charge < -0.3 is 20.2 Å². The van der Waals surface area contributed by atoms with E-state index in [-0.39, 0.29) is 34.2 Å². The second kappa shape index (κ2) is 8.44. The van der Waals surface area contributed by atoms with E-state index in [1.807, 2.05) is 6.07 Å². The van der Waals surface area contributed by atoms with E-state index < -0.39 is 5.60 Å². The number of carbonyl (C=O) groups is 1. The lowest BCUT2D eigenvalue weighted by atomic mass is 9.43. The number of nitrogens with one attached hydrogen (secondary N) is 2. The first kappa shape index (κ1) is 23.7. The first-order valence-electron chi connectivity index (χ1n) is 14.1. The molecule has 1 amide bonds. The summed E-state index contributed by atoms with van der Waals surface area (Å²) in [6.45, 7) is 6.56. The predicted octanol–water partition coefficient (Wildman–Crippen LogP) is 3.98. The number of amides is 1. The van der Waals surface area contributed by atoms with Crippen molar-refractivity contribution >= 4 is 5.91 Å². The smallest absolute Gasteiger partial charge is 0.335 e. The van der Waals surface area contributed by atoms with Crippen LogP contribution in [0.1, 0.15) is 89.5 Å². The average Bonchev–Trinajstić information content (AvgIpc) is 3.47. The fourth-order valence-corrected chi connectivity index (χ4v) is 9.66. The molecule has 4 aliphatic carbocycles. The molecule has 35 heavy (non-hydrogen) atoms. The Hall–Kier alpha value is -1.66. The van der Waals surface area contributed by atoms with Crippen LogP contribution in [0.3, 0.4) is 0 Å². The maximum absolute atomic E-state index is 12.7. The highest BCUT2D eigenvalue weighted by molar-refractivity contribution is 5.79. The van der Waals surface area contributed by atoms with Crippen molar-refractivity contribution in [3.63, 3.8) is 0 Å². The van der Waals surface area contributed by atoms with Gasteiger partial charge in [0.25, 0.3) is 0 Å². The Morgan fingerprint density at radius 3 is 2.66 bits per heavy atom. The molecule has 2 heterocycles. The summed E-state index contributed by atoms with van der Waals surface area (Å²) in [5.41, 5.74) is 0.153. The Kier molecular flexibility index (Phi) is 5.72. The van der Waals surface area contributed by atoms with Crippen LogP contribution in [0.15, 0.2) is 27.6 Å². The molecule has 1 aliphatic heterocycles. The Bertz CT molecular complexity index is 1010. The lowest BCUT2D eigenvalue weighted by molar-refractivity contribution is -0.202. The van der Waals surface area contributed by atoms with Crippen molar-refractivity contribution in [1.29, 1.82) is 0 Å². The molecule has 5 aliphatic rings. The molecule has 3 N–H and O–H groups in total. The quantitative estimate of drug-likeness (QED) is 0.606. The molecule has 0 radical (unpaired) electrons. The zero-order chi connectivity index (χ0) is 24.4. The lowest BCUT2D eigenvalue weighted by Gasteiger charge is -2.63. The molecule has 4 saturated carbocycles. The van der Waals surface area contributed by atoms with Gasteiger partial charge in [-0.3, -0.25) is 4.79 Å². The molecular weight excluding hydrogens is 440 g/mol. The van der Waals surface area contributed by atoms with Gasteiger partial charge in [-0.05, 0) is 111 Å². The van der Waals surface area contributed by atoms with Gasteiger partial charge in [0.1, 0.15) is 0 Å². The van der Waals surface area contributed by atoms with Crippen molar-refractivity contribution in [3.05, 3.63) is 34.4 Å². The first-order valence-corrected chi connectivity index (χ1v) is 14.1. The van der Waals surface area contributed by atoms with Crippen LogP contribution in [0.2, 0.25) is 0 Å². The summed E-state index contributed by atoms with van der Waals surface area (Å²) in [7, 11) is 0. The predicted molar refractivity (Wildman–Crippen MR) is 134 cm³/mol. The maximum Gasteiger partial charge on any atom is 0.335 e. The van der Waals surface area contributed by atoms with E-state index in [1.165, 1.54) is 6.07 Å². The van der Waals surface area contributed by atoms with Gasteiger partial charge in [-0.2, -0.15) is 0 Å². The van der Waals surface area contributed by atoms with Crippen LogP contribution in [0.5, 0.6) is 0 Å². The number of rotatable bonds is 3. The number of hydrogen-bond acceptors (Lipinski definition) is 5. The SMILES string of the molecule is C[C@]12CC[C@H](NC(=O)[C@H]3CCNC3)C[C@H]1CC[C@@H]1[C@@H]2CC[C@]2(C)[C@@H](c3ccc(=O)oc3)CC[C@]12O. The fraction of sp³-hybridized carbons (Fsp3) is 0.793. The molecule has 5 fully saturated rings. The van der Waals surface area contributed by atoms with Gasteiger partial charge >= 0.3 is 5.63 Å². The van der Waals surface area contributed by atoms with Gasteiger partial charge in [-0.25, -0.2) is 4.79 Å². The normalized spacial score (nSPS) is 46.9. The van der Waals surface area contributed by atoms with Crippen molar-refractivity contribution in [2.75, 3.05) is 13.1 Å². The topological polar surface area (TPSA) is 91.6 Å². The number of hydrogen-bond donors (Lipinski definition) is 3. The van der Waals surface area contributed by atoms with Crippen molar-refractivity contribution in [2.45, 2.75) is 95.6 Å². The summed E-state index contributed by atoms with van der Waals surface area (Å²) < 4.78 is 5.22. The van der Waals surface area contributed by atoms with Crippen LogP contribution in [0, 0.1) is 34.5 Å². The fourth-order valence-electron chi connectivity index (χ4n) is 9.66. The molecule has 1 aromatic rings. The van der Waals surface area contributed by atoms with Gasteiger partial charge in [0.05, 0.1) is 17.8 Å². The average molecular weight is 483 g/mol. The molecule has 6 rings (SSSR count). The second-order valence-corrected chi connectivity index (χ2v) is 13.0. The summed E-state index contributed by atoms with van der Waals surface area (Å²) in [4.78, 5) is 24.3. The molecule has 0 aromatic carbocycles. The molecule has 1 saturated heterocycles. The van der Waals surface area contributed by atoms with Crippen LogP contribution in [0.4, 0.5) is 0 Å². The molecule has 6 heteroatoms. The lowest BCUT2D eigenvalue weighted by Crippen LogP contribution is -2.62. The summed E-state index contributed by atoms with van der Waals surface area (Å²) in [5.74, 6) is 2.12. The monoisotopic (exact) mass is 482 g/mol. The molecule has 9 atom stereocenters. The van der Waals surface area contributed by atoms with Crippen molar-refractivity contribution in [3.8, 4) is 0 Å². The van der Waals surface area contributed by atoms with Gasteiger partial charge in [0, 0.05) is 24.1 Å². The van der Waals surface area contributed by atoms with Crippen molar-refractivity contribution < 1.29 is 14.3 Å². The van der Waals surface area contributed by atoms with Gasteiger partial charge in [-0.1, -0.05) is 13.8 Å². The summed E-state index contributed by atoms with van der Waals surface area (Å²) >= 11 is 0. The largest absolute Gasteiger partial charge is 0.431 e. The minimum atomic E-state index is -0.661. The van der Waals surface area contributed by atoms with Gasteiger partial charge in [-0.15, -0.1) is 0 Å². The minimum Gasteiger partial charge on any atom is -0.431 e. The third kappa shape index (κ3) is 3.57. The van der Waals surface area contributed by atoms with E-state index in [2.05, 4.69) is 24.5 Å². The Labute approximate surface area is 208 Å². The molecule has 192 valence electrons. The summed E-state index contributed by atoms with van der Waals surface area (Å²) in [6, 6.07) is 3.74. The van der Waals surface area contributed by atoms with Crippen LogP contribution in [-0.2, 0) is 4.79 Å². The van der Waals surface area contributed by atoms with Gasteiger partial charge in [0.2, 0.25) is 5.91 Å². The van der Waals surface area contributed by atoms with Crippen molar-refractivity contribution in [2.24, 2.45) is 34.5 Å². The zero-order valence-electron chi connectivity index (χ0n) is 21.4. The Morgan fingerprint density at radius 1 is 1.06 bits per heavy atom. The van der Waals surface area contributed by atoms with E-state index in [0.29, 0.717) is 23.8 Å². The third-order valence-electron chi connectivity index (χ3n) is 11.8. The second-order valence-electron chi connectivity index (χ2n) is 13.0. The summed E-state index contributed by atoms with van der Waals surface area (Å²) in [5, 5.41) is 19.1. The highest BCUT2D eigenvalue weighted by Crippen LogP contribution is 2.70. The molecule has 0 spiro atoms. The highest BCUT2D eigenvalue weighted by atomic mass is 16.4. The van der Waals surface area contributed by atoms with E-state index in [4.69, 9.17) is 4.42 Å². The van der Waals surface area contributed by atoms with Crippen LogP contribution < -0.4 is 16.3 Å². The Morgan fingerprint density at radius 2 is 1.91 bits per heavy atom. The maximum atomic E-state index is 12.7. The molecule has 0 bridgehead atoms. The van der Waals surface area contributed by atoms with Gasteiger partial charge in [0.15, 0.2) is 0 Å². The first-order chi connectivity index (χ1) is 16.7. The van der Waals surface area contributed by atoms with E-state index in [1.54, 1.807) is 6.26 Å². The van der Waals surface area contributed by atoms with E-state index in [0.717, 1.165) is 82.9 Å². The highest BCUT2D eigenvalue weighted by Gasteiger charge is 2.67. The molecular formula is C29H42N2O4. The van der Waals surface area contributed by atoms with Crippen LogP contribution in [-0.4, -0.2) is 35.7 Å². The van der Waals surface area contributed by atoms with Crippen LogP contribution in [0.25, 0.3) is 0 Å². The molecule has 6 nitrogen and oxygen atoms in total. The molecule has 1 aromatic heterocycles. The summed E-state index contributed by atoms with van der Waals surface area (Å²) in [6.07, 6.45) is 12.1. The standard InChI is InChI=1S/C29H42N2O4/c1-27-11-7-21(31-26(33)18-10-14-30-16-18)15-20(27)4-5-24-23(27)8-12-28(2)22(9-13-29(24,28)34)19-3-6-25(32)35-17-19/h3,6,17-18,20-24,30,34H,4-5,7-16H2,1-2H3,(H,31,33)/t18-,20+,21-,22+,23-,24+,27-,28+,29-/m0/s1. The van der Waals surface area contributed by atoms with E-state index in [9.17, 15) is 14.7 Å². The Balaban J connectivity index is 1.19. The minimum absolute atomic E-state index is 0.136.